The van der Waals surface area contributed by atoms with Gasteiger partial charge in [-0.3, -0.25) is 9.89 Å². The molecule has 2 atom stereocenters. The van der Waals surface area contributed by atoms with Crippen LogP contribution >= 0.6 is 0 Å². The van der Waals surface area contributed by atoms with Crippen molar-refractivity contribution < 1.29 is 9.26 Å². The molecule has 0 amide bonds. The van der Waals surface area contributed by atoms with Crippen molar-refractivity contribution in [1.82, 2.24) is 20.3 Å². The number of ether oxygens (including phenoxy) is 1. The Labute approximate surface area is 172 Å². The lowest BCUT2D eigenvalue weighted by molar-refractivity contribution is -0.0502. The van der Waals surface area contributed by atoms with E-state index in [2.05, 4.69) is 69.4 Å². The van der Waals surface area contributed by atoms with Gasteiger partial charge in [0.2, 0.25) is 0 Å². The minimum Gasteiger partial charge on any atom is -0.373 e. The van der Waals surface area contributed by atoms with Crippen molar-refractivity contribution in [2.24, 2.45) is 4.99 Å². The van der Waals surface area contributed by atoms with Gasteiger partial charge in [-0.25, -0.2) is 0 Å². The van der Waals surface area contributed by atoms with Crippen LogP contribution in [-0.2, 0) is 17.8 Å². The van der Waals surface area contributed by atoms with Gasteiger partial charge in [-0.1, -0.05) is 49.3 Å². The smallest absolute Gasteiger partial charge is 0.194 e. The summed E-state index contributed by atoms with van der Waals surface area (Å²) in [6.45, 7) is 9.26. The van der Waals surface area contributed by atoms with Crippen LogP contribution in [0.5, 0.6) is 0 Å². The largest absolute Gasteiger partial charge is 0.373 e. The summed E-state index contributed by atoms with van der Waals surface area (Å²) in [6, 6.07) is 13.1. The zero-order chi connectivity index (χ0) is 20.2. The maximum Gasteiger partial charge on any atom is 0.194 e. The average Bonchev–Trinajstić information content (AvgIpc) is 3.37. The topological polar surface area (TPSA) is 66.1 Å². The quantitative estimate of drug-likeness (QED) is 0.618. The van der Waals surface area contributed by atoms with Gasteiger partial charge in [-0.2, -0.15) is 0 Å². The van der Waals surface area contributed by atoms with Crippen LogP contribution in [0.4, 0.5) is 0 Å². The number of likely N-dealkylation sites (tertiary alicyclic amines) is 1. The standard InChI is InChI=1S/C22H31N5O2/c1-16(2)19-11-18(29-25-19)12-24-22(23-3)27-14-20-21(15-27)28-10-9-26(20)13-17-7-5-4-6-8-17/h4-8,11,16,20-21H,9-10,12-15H2,1-3H3,(H,23,24). The Morgan fingerprint density at radius 1 is 1.28 bits per heavy atom. The van der Waals surface area contributed by atoms with E-state index in [1.807, 2.05) is 13.1 Å². The van der Waals surface area contributed by atoms with Crippen molar-refractivity contribution in [3.63, 3.8) is 0 Å². The third kappa shape index (κ3) is 4.62. The molecule has 156 valence electrons. The van der Waals surface area contributed by atoms with Crippen molar-refractivity contribution in [3.8, 4) is 0 Å². The number of hydrogen-bond acceptors (Lipinski definition) is 5. The Balaban J connectivity index is 1.37. The molecular weight excluding hydrogens is 366 g/mol. The molecule has 7 nitrogen and oxygen atoms in total. The molecule has 1 aromatic carbocycles. The fourth-order valence-electron chi connectivity index (χ4n) is 4.13. The summed E-state index contributed by atoms with van der Waals surface area (Å²) in [5, 5.41) is 7.55. The van der Waals surface area contributed by atoms with Crippen LogP contribution in [0.1, 0.15) is 36.8 Å². The van der Waals surface area contributed by atoms with Gasteiger partial charge < -0.3 is 19.5 Å². The average molecular weight is 398 g/mol. The van der Waals surface area contributed by atoms with Crippen LogP contribution in [0, 0.1) is 0 Å². The molecule has 3 heterocycles. The Bertz CT molecular complexity index is 820. The molecule has 1 aromatic heterocycles. The molecule has 0 saturated carbocycles. The zero-order valence-corrected chi connectivity index (χ0v) is 17.5. The minimum absolute atomic E-state index is 0.212. The highest BCUT2D eigenvalue weighted by atomic mass is 16.5. The molecule has 0 aliphatic carbocycles. The molecule has 2 aliphatic rings. The molecule has 2 unspecified atom stereocenters. The Morgan fingerprint density at radius 3 is 2.83 bits per heavy atom. The summed E-state index contributed by atoms with van der Waals surface area (Å²) in [6.07, 6.45) is 0.212. The fourth-order valence-corrected chi connectivity index (χ4v) is 4.13. The minimum atomic E-state index is 0.212. The number of benzene rings is 1. The molecule has 7 heteroatoms. The van der Waals surface area contributed by atoms with E-state index in [0.717, 1.165) is 50.2 Å². The number of nitrogens with one attached hydrogen (secondary N) is 1. The third-order valence-corrected chi connectivity index (χ3v) is 5.75. The van der Waals surface area contributed by atoms with Crippen LogP contribution < -0.4 is 5.32 Å². The van der Waals surface area contributed by atoms with Gasteiger partial charge in [0.1, 0.15) is 0 Å². The van der Waals surface area contributed by atoms with Gasteiger partial charge in [0.05, 0.1) is 31.0 Å². The predicted octanol–water partition coefficient (Wildman–Crippen LogP) is 2.46. The van der Waals surface area contributed by atoms with Gasteiger partial charge in [-0.05, 0) is 11.5 Å². The highest BCUT2D eigenvalue weighted by molar-refractivity contribution is 5.80. The van der Waals surface area contributed by atoms with E-state index in [9.17, 15) is 0 Å². The summed E-state index contributed by atoms with van der Waals surface area (Å²) in [5.41, 5.74) is 2.33. The number of rotatable bonds is 5. The lowest BCUT2D eigenvalue weighted by Gasteiger charge is -2.36. The summed E-state index contributed by atoms with van der Waals surface area (Å²) in [4.78, 5) is 9.32. The molecular formula is C22H31N5O2. The van der Waals surface area contributed by atoms with E-state index >= 15 is 0 Å². The monoisotopic (exact) mass is 397 g/mol. The predicted molar refractivity (Wildman–Crippen MR) is 113 cm³/mol. The first-order valence-electron chi connectivity index (χ1n) is 10.4. The SMILES string of the molecule is CN=C(NCc1cc(C(C)C)no1)N1CC2OCCN(Cc3ccccc3)C2C1. The van der Waals surface area contributed by atoms with E-state index < -0.39 is 0 Å². The maximum atomic E-state index is 6.09. The molecule has 2 aliphatic heterocycles. The van der Waals surface area contributed by atoms with Crippen molar-refractivity contribution in [2.45, 2.75) is 45.0 Å². The number of nitrogens with zero attached hydrogens (tertiary/aromatic N) is 4. The molecule has 29 heavy (non-hydrogen) atoms. The third-order valence-electron chi connectivity index (χ3n) is 5.75. The lowest BCUT2D eigenvalue weighted by atomic mass is 10.1. The number of aliphatic imine (C=N–C) groups is 1. The van der Waals surface area contributed by atoms with Crippen LogP contribution in [0.2, 0.25) is 0 Å². The molecule has 2 saturated heterocycles. The van der Waals surface area contributed by atoms with Crippen LogP contribution in [0.3, 0.4) is 0 Å². The summed E-state index contributed by atoms with van der Waals surface area (Å²) in [7, 11) is 1.83. The van der Waals surface area contributed by atoms with E-state index in [4.69, 9.17) is 9.26 Å². The number of fused-ring (bicyclic) bond motifs is 1. The van der Waals surface area contributed by atoms with E-state index in [0.29, 0.717) is 18.5 Å². The van der Waals surface area contributed by atoms with Crippen molar-refractivity contribution >= 4 is 5.96 Å². The van der Waals surface area contributed by atoms with Gasteiger partial charge in [0.25, 0.3) is 0 Å². The van der Waals surface area contributed by atoms with E-state index in [-0.39, 0.29) is 6.10 Å². The molecule has 2 fully saturated rings. The van der Waals surface area contributed by atoms with Crippen molar-refractivity contribution in [3.05, 3.63) is 53.4 Å². The highest BCUT2D eigenvalue weighted by Crippen LogP contribution is 2.25. The second-order valence-corrected chi connectivity index (χ2v) is 8.11. The summed E-state index contributed by atoms with van der Waals surface area (Å²) >= 11 is 0. The Hall–Kier alpha value is -2.38. The summed E-state index contributed by atoms with van der Waals surface area (Å²) < 4.78 is 11.5. The summed E-state index contributed by atoms with van der Waals surface area (Å²) in [5.74, 6) is 2.07. The van der Waals surface area contributed by atoms with Crippen molar-refractivity contribution in [2.75, 3.05) is 33.3 Å². The molecule has 0 spiro atoms. The van der Waals surface area contributed by atoms with Crippen LogP contribution in [0.25, 0.3) is 0 Å². The molecule has 2 aromatic rings. The first-order valence-corrected chi connectivity index (χ1v) is 10.4. The van der Waals surface area contributed by atoms with Gasteiger partial charge in [0, 0.05) is 39.3 Å². The number of hydrogen-bond donors (Lipinski definition) is 1. The van der Waals surface area contributed by atoms with E-state index in [1.165, 1.54) is 5.56 Å². The molecule has 1 N–H and O–H groups in total. The number of morpholine rings is 1. The zero-order valence-electron chi connectivity index (χ0n) is 17.5. The molecule has 0 bridgehead atoms. The normalized spacial score (nSPS) is 22.9. The Morgan fingerprint density at radius 2 is 2.10 bits per heavy atom. The first kappa shape index (κ1) is 19.9. The highest BCUT2D eigenvalue weighted by Gasteiger charge is 2.41. The lowest BCUT2D eigenvalue weighted by Crippen LogP contribution is -2.50. The van der Waals surface area contributed by atoms with Crippen LogP contribution in [-0.4, -0.2) is 66.4 Å². The van der Waals surface area contributed by atoms with Gasteiger partial charge in [0.15, 0.2) is 11.7 Å². The second kappa shape index (κ2) is 8.97. The Kier molecular flexibility index (Phi) is 6.16. The maximum absolute atomic E-state index is 6.09. The molecule has 0 radical (unpaired) electrons. The first-order chi connectivity index (χ1) is 14.1. The van der Waals surface area contributed by atoms with Gasteiger partial charge >= 0.3 is 0 Å². The number of guanidine groups is 1. The van der Waals surface area contributed by atoms with Gasteiger partial charge in [-0.15, -0.1) is 0 Å². The van der Waals surface area contributed by atoms with Crippen LogP contribution in [0.15, 0.2) is 45.9 Å². The number of aromatic nitrogens is 1. The fraction of sp³-hybridized carbons (Fsp3) is 0.545. The van der Waals surface area contributed by atoms with Crippen molar-refractivity contribution in [1.29, 1.82) is 0 Å². The second-order valence-electron chi connectivity index (χ2n) is 8.11. The molecule has 4 rings (SSSR count). The van der Waals surface area contributed by atoms with E-state index in [1.54, 1.807) is 0 Å².